The summed E-state index contributed by atoms with van der Waals surface area (Å²) in [6.45, 7) is 11.6. The molecule has 0 atom stereocenters. The van der Waals surface area contributed by atoms with Crippen molar-refractivity contribution >= 4 is 5.91 Å². The number of rotatable bonds is 2. The van der Waals surface area contributed by atoms with Gasteiger partial charge >= 0.3 is 0 Å². The quantitative estimate of drug-likeness (QED) is 0.662. The number of amides is 1. The molecule has 0 bridgehead atoms. The van der Waals surface area contributed by atoms with E-state index in [1.807, 2.05) is 27.7 Å². The Kier molecular flexibility index (Phi) is 7.37. The molecule has 0 aromatic heterocycles. The lowest BCUT2D eigenvalue weighted by Crippen LogP contribution is -2.41. The van der Waals surface area contributed by atoms with Crippen molar-refractivity contribution in [2.45, 2.75) is 53.5 Å². The first-order chi connectivity index (χ1) is 4.98. The van der Waals surface area contributed by atoms with Crippen LogP contribution >= 0.6 is 0 Å². The van der Waals surface area contributed by atoms with E-state index in [4.69, 9.17) is 0 Å². The van der Waals surface area contributed by atoms with Crippen molar-refractivity contribution in [1.82, 2.24) is 5.32 Å². The van der Waals surface area contributed by atoms with Crippen LogP contribution in [0.2, 0.25) is 0 Å². The Labute approximate surface area is 71.9 Å². The fraction of sp³-hybridized carbons (Fsp3) is 0.889. The van der Waals surface area contributed by atoms with Crippen molar-refractivity contribution in [2.24, 2.45) is 0 Å². The maximum Gasteiger partial charge on any atom is 0.217 e. The van der Waals surface area contributed by atoms with Gasteiger partial charge in [-0.25, -0.2) is 0 Å². The number of carbonyl (C=O) groups is 1. The molecule has 0 aliphatic heterocycles. The minimum absolute atomic E-state index is 0. The third kappa shape index (κ3) is 9.47. The van der Waals surface area contributed by atoms with Crippen LogP contribution in [0.4, 0.5) is 0 Å². The summed E-state index contributed by atoms with van der Waals surface area (Å²) in [7, 11) is 0. The van der Waals surface area contributed by atoms with E-state index in [2.05, 4.69) is 12.2 Å². The van der Waals surface area contributed by atoms with Gasteiger partial charge in [-0.05, 0) is 20.3 Å². The Morgan fingerprint density at radius 1 is 1.45 bits per heavy atom. The van der Waals surface area contributed by atoms with Crippen molar-refractivity contribution in [3.8, 4) is 0 Å². The SMILES string of the molecule is CC.CCC(C)(C)NC(C)=O.[HH]. The van der Waals surface area contributed by atoms with Crippen molar-refractivity contribution in [3.05, 3.63) is 0 Å². The summed E-state index contributed by atoms with van der Waals surface area (Å²) < 4.78 is 0. The zero-order valence-corrected chi connectivity index (χ0v) is 8.62. The van der Waals surface area contributed by atoms with Crippen LogP contribution in [0.1, 0.15) is 49.4 Å². The molecule has 0 aliphatic rings. The van der Waals surface area contributed by atoms with E-state index in [-0.39, 0.29) is 12.9 Å². The lowest BCUT2D eigenvalue weighted by atomic mass is 10.0. The Hall–Kier alpha value is -0.530. The summed E-state index contributed by atoms with van der Waals surface area (Å²) in [5.74, 6) is 0.0434. The summed E-state index contributed by atoms with van der Waals surface area (Å²) in [4.78, 5) is 10.5. The van der Waals surface area contributed by atoms with Gasteiger partial charge in [0.2, 0.25) is 5.91 Å². The molecule has 2 heteroatoms. The standard InChI is InChI=1S/C7H15NO.C2H6.H2/c1-5-7(3,4)8-6(2)9;1-2;/h5H2,1-4H3,(H,8,9);1-2H3;1H. The zero-order valence-electron chi connectivity index (χ0n) is 8.62. The van der Waals surface area contributed by atoms with Gasteiger partial charge in [0.15, 0.2) is 0 Å². The van der Waals surface area contributed by atoms with Crippen molar-refractivity contribution in [2.75, 3.05) is 0 Å². The van der Waals surface area contributed by atoms with Gasteiger partial charge in [0.25, 0.3) is 0 Å². The van der Waals surface area contributed by atoms with Crippen molar-refractivity contribution < 1.29 is 6.22 Å². The summed E-state index contributed by atoms with van der Waals surface area (Å²) in [6.07, 6.45) is 0.965. The highest BCUT2D eigenvalue weighted by Gasteiger charge is 2.14. The smallest absolute Gasteiger partial charge is 0.217 e. The molecule has 2 nitrogen and oxygen atoms in total. The molecule has 0 unspecified atom stereocenters. The Balaban J connectivity index is -0.000000249. The average molecular weight is 161 g/mol. The maximum absolute atomic E-state index is 10.5. The average Bonchev–Trinajstić information content (AvgIpc) is 1.90. The third-order valence-corrected chi connectivity index (χ3v) is 1.40. The van der Waals surface area contributed by atoms with Crippen LogP contribution < -0.4 is 5.32 Å². The van der Waals surface area contributed by atoms with Gasteiger partial charge < -0.3 is 5.32 Å². The van der Waals surface area contributed by atoms with Crippen molar-refractivity contribution in [1.29, 1.82) is 0 Å². The lowest BCUT2D eigenvalue weighted by molar-refractivity contribution is -0.120. The molecule has 0 aliphatic carbocycles. The number of carbonyl (C=O) groups excluding carboxylic acids is 1. The highest BCUT2D eigenvalue weighted by molar-refractivity contribution is 5.73. The van der Waals surface area contributed by atoms with Crippen LogP contribution in [-0.2, 0) is 4.79 Å². The van der Waals surface area contributed by atoms with Gasteiger partial charge in [-0.3, -0.25) is 4.79 Å². The minimum atomic E-state index is -0.0359. The van der Waals surface area contributed by atoms with E-state index in [1.165, 1.54) is 6.92 Å². The third-order valence-electron chi connectivity index (χ3n) is 1.40. The molecule has 1 amide bonds. The molecule has 70 valence electrons. The topological polar surface area (TPSA) is 29.1 Å². The van der Waals surface area contributed by atoms with Gasteiger partial charge in [-0.2, -0.15) is 0 Å². The predicted octanol–water partition coefficient (Wildman–Crippen LogP) is 2.58. The van der Waals surface area contributed by atoms with E-state index in [0.29, 0.717) is 0 Å². The molecule has 0 radical (unpaired) electrons. The molecule has 0 saturated heterocycles. The van der Waals surface area contributed by atoms with Crippen LogP contribution in [0, 0.1) is 0 Å². The van der Waals surface area contributed by atoms with E-state index in [0.717, 1.165) is 6.42 Å². The predicted molar refractivity (Wildman–Crippen MR) is 51.6 cm³/mol. The normalized spacial score (nSPS) is 9.64. The molecular weight excluding hydrogens is 138 g/mol. The Morgan fingerprint density at radius 3 is 1.91 bits per heavy atom. The largest absolute Gasteiger partial charge is 0.351 e. The van der Waals surface area contributed by atoms with E-state index in [1.54, 1.807) is 0 Å². The summed E-state index contributed by atoms with van der Waals surface area (Å²) >= 11 is 0. The fourth-order valence-corrected chi connectivity index (χ4v) is 0.565. The maximum atomic E-state index is 10.5. The first-order valence-corrected chi connectivity index (χ1v) is 4.26. The molecule has 1 N–H and O–H groups in total. The lowest BCUT2D eigenvalue weighted by Gasteiger charge is -2.23. The molecule has 0 saturated carbocycles. The van der Waals surface area contributed by atoms with Gasteiger partial charge in [-0.15, -0.1) is 0 Å². The first kappa shape index (κ1) is 13.1. The highest BCUT2D eigenvalue weighted by atomic mass is 16.1. The molecule has 11 heavy (non-hydrogen) atoms. The summed E-state index contributed by atoms with van der Waals surface area (Å²) in [5.41, 5.74) is -0.0359. The van der Waals surface area contributed by atoms with Crippen LogP contribution in [-0.4, -0.2) is 11.4 Å². The monoisotopic (exact) mass is 161 g/mol. The Morgan fingerprint density at radius 2 is 1.82 bits per heavy atom. The van der Waals surface area contributed by atoms with Gasteiger partial charge in [-0.1, -0.05) is 20.8 Å². The summed E-state index contributed by atoms with van der Waals surface area (Å²) in [6, 6.07) is 0. The van der Waals surface area contributed by atoms with Crippen LogP contribution in [0.15, 0.2) is 0 Å². The molecule has 0 aromatic rings. The molecule has 0 spiro atoms. The second-order valence-corrected chi connectivity index (χ2v) is 2.92. The first-order valence-electron chi connectivity index (χ1n) is 4.26. The Bertz CT molecular complexity index is 113. The van der Waals surface area contributed by atoms with Gasteiger partial charge in [0.1, 0.15) is 0 Å². The van der Waals surface area contributed by atoms with Gasteiger partial charge in [0, 0.05) is 13.9 Å². The second kappa shape index (κ2) is 6.20. The number of nitrogens with one attached hydrogen (secondary N) is 1. The van der Waals surface area contributed by atoms with Crippen molar-refractivity contribution in [3.63, 3.8) is 0 Å². The molecule has 0 fully saturated rings. The number of hydrogen-bond donors (Lipinski definition) is 1. The van der Waals surface area contributed by atoms with E-state index in [9.17, 15) is 4.79 Å². The highest BCUT2D eigenvalue weighted by Crippen LogP contribution is 2.05. The van der Waals surface area contributed by atoms with E-state index < -0.39 is 0 Å². The zero-order chi connectivity index (χ0) is 9.49. The molecule has 0 heterocycles. The molecule has 0 rings (SSSR count). The number of hydrogen-bond acceptors (Lipinski definition) is 1. The summed E-state index contributed by atoms with van der Waals surface area (Å²) in [5, 5.41) is 2.83. The second-order valence-electron chi connectivity index (χ2n) is 2.92. The van der Waals surface area contributed by atoms with Crippen LogP contribution in [0.5, 0.6) is 0 Å². The van der Waals surface area contributed by atoms with Crippen LogP contribution in [0.25, 0.3) is 0 Å². The fourth-order valence-electron chi connectivity index (χ4n) is 0.565. The minimum Gasteiger partial charge on any atom is -0.351 e. The molecular formula is C9H23NO. The van der Waals surface area contributed by atoms with Crippen LogP contribution in [0.3, 0.4) is 0 Å². The van der Waals surface area contributed by atoms with Gasteiger partial charge in [0.05, 0.1) is 0 Å². The molecule has 0 aromatic carbocycles. The van der Waals surface area contributed by atoms with E-state index >= 15 is 0 Å².